The highest BCUT2D eigenvalue weighted by Crippen LogP contribution is 2.55. The van der Waals surface area contributed by atoms with Crippen molar-refractivity contribution in [3.8, 4) is 17.4 Å². The molecule has 6 aromatic rings. The van der Waals surface area contributed by atoms with Crippen LogP contribution in [0.3, 0.4) is 0 Å². The van der Waals surface area contributed by atoms with E-state index in [0.717, 1.165) is 61.1 Å². The lowest BCUT2D eigenvalue weighted by atomic mass is 9.60. The molecule has 1 amide bonds. The summed E-state index contributed by atoms with van der Waals surface area (Å²) in [5.74, 6) is -0.0422. The molecule has 3 N–H and O–H groups in total. The Morgan fingerprint density at radius 3 is 2.57 bits per heavy atom. The van der Waals surface area contributed by atoms with Gasteiger partial charge in [0.2, 0.25) is 5.88 Å². The Morgan fingerprint density at radius 2 is 1.78 bits per heavy atom. The topological polar surface area (TPSA) is 185 Å². The minimum atomic E-state index is -4.75. The van der Waals surface area contributed by atoms with Crippen molar-refractivity contribution in [2.75, 3.05) is 36.5 Å². The van der Waals surface area contributed by atoms with Crippen molar-refractivity contribution in [2.24, 2.45) is 5.41 Å². The lowest BCUT2D eigenvalue weighted by Crippen LogP contribution is -2.66. The molecular formula is C47H46N8O7S. The Balaban J connectivity index is 0.814. The second-order valence-corrected chi connectivity index (χ2v) is 19.4. The first-order valence-electron chi connectivity index (χ1n) is 21.6. The van der Waals surface area contributed by atoms with Crippen LogP contribution >= 0.6 is 0 Å². The molecule has 15 nitrogen and oxygen atoms in total. The Morgan fingerprint density at radius 1 is 0.984 bits per heavy atom. The van der Waals surface area contributed by atoms with Crippen LogP contribution < -0.4 is 24.4 Å². The number of nitrogens with one attached hydrogen (secondary N) is 3. The third kappa shape index (κ3) is 7.50. The van der Waals surface area contributed by atoms with Gasteiger partial charge in [-0.25, -0.2) is 9.71 Å². The molecule has 3 aromatic heterocycles. The number of amides is 1. The monoisotopic (exact) mass is 866 g/mol. The first kappa shape index (κ1) is 39.3. The van der Waals surface area contributed by atoms with E-state index in [4.69, 9.17) is 9.47 Å². The zero-order valence-corrected chi connectivity index (χ0v) is 35.2. The molecule has 5 aliphatic rings. The number of pyridine rings is 2. The number of nitro groups is 1. The highest BCUT2D eigenvalue weighted by Gasteiger charge is 2.55. The quantitative estimate of drug-likeness (QED) is 0.0800. The number of hydrogen-bond acceptors (Lipinski definition) is 12. The standard InChI is InChI=1S/C47H46N8O7S/c56-45(52-63(59,60)42-22-40(55(57)58)43-46(51-42)61-26-32(50-43)19-29-7-2-1-3-8-29)38-15-14-33(21-41(38)62-35-20-31-16-17-48-44(31)49-25-35)53-27-47(28-53)23-34(24-47)54-18-6-11-39(54)37-10-5-4-9-36(37)30-12-13-30/h1-5,7-10,14-17,20-22,25,30,32,34,39,50H,6,11-13,18-19,23-24,26-28H2,(H,48,49)(H,52,56)/t32-,39-/m0/s1. The molecule has 2 saturated carbocycles. The normalized spacial score (nSPS) is 20.6. The number of fused-ring (bicyclic) bond motifs is 2. The van der Waals surface area contributed by atoms with Gasteiger partial charge in [-0.2, -0.15) is 13.4 Å². The van der Waals surface area contributed by atoms with Gasteiger partial charge in [0.1, 0.15) is 23.8 Å². The van der Waals surface area contributed by atoms with E-state index in [-0.39, 0.29) is 40.9 Å². The Kier molecular flexibility index (Phi) is 9.60. The fourth-order valence-electron chi connectivity index (χ4n) is 10.3. The lowest BCUT2D eigenvalue weighted by Gasteiger charge is -2.62. The van der Waals surface area contributed by atoms with Crippen LogP contribution in [0.2, 0.25) is 0 Å². The molecule has 63 heavy (non-hydrogen) atoms. The van der Waals surface area contributed by atoms with E-state index >= 15 is 0 Å². The zero-order chi connectivity index (χ0) is 42.9. The molecular weight excluding hydrogens is 821 g/mol. The number of rotatable bonds is 12. The number of sulfonamides is 1. The summed E-state index contributed by atoms with van der Waals surface area (Å²) in [6.45, 7) is 2.95. The maximum atomic E-state index is 14.0. The number of carbonyl (C=O) groups excluding carboxylic acids is 1. The van der Waals surface area contributed by atoms with E-state index in [1.807, 2.05) is 36.4 Å². The number of anilines is 2. The van der Waals surface area contributed by atoms with Gasteiger partial charge in [0.15, 0.2) is 10.7 Å². The second-order valence-electron chi connectivity index (χ2n) is 17.8. The third-order valence-corrected chi connectivity index (χ3v) is 14.7. The van der Waals surface area contributed by atoms with Crippen LogP contribution in [0.15, 0.2) is 108 Å². The van der Waals surface area contributed by atoms with Crippen LogP contribution in [0.4, 0.5) is 17.1 Å². The van der Waals surface area contributed by atoms with Gasteiger partial charge in [-0.3, -0.25) is 19.8 Å². The van der Waals surface area contributed by atoms with Crippen LogP contribution in [-0.4, -0.2) is 77.4 Å². The van der Waals surface area contributed by atoms with Gasteiger partial charge in [0.05, 0.1) is 28.8 Å². The molecule has 16 heteroatoms. The van der Waals surface area contributed by atoms with E-state index in [1.54, 1.807) is 36.0 Å². The molecule has 2 saturated heterocycles. The molecule has 3 aliphatic heterocycles. The summed E-state index contributed by atoms with van der Waals surface area (Å²) >= 11 is 0. The molecule has 6 heterocycles. The number of ether oxygens (including phenoxy) is 2. The summed E-state index contributed by atoms with van der Waals surface area (Å²) in [4.78, 5) is 42.2. The molecule has 2 aliphatic carbocycles. The second kappa shape index (κ2) is 15.4. The Hall–Kier alpha value is -6.52. The van der Waals surface area contributed by atoms with Gasteiger partial charge in [-0.1, -0.05) is 54.6 Å². The molecule has 1 spiro atoms. The first-order valence-corrected chi connectivity index (χ1v) is 23.1. The third-order valence-electron chi connectivity index (χ3n) is 13.4. The molecule has 4 fully saturated rings. The molecule has 0 unspecified atom stereocenters. The lowest BCUT2D eigenvalue weighted by molar-refractivity contribution is -0.384. The van der Waals surface area contributed by atoms with Gasteiger partial charge in [-0.15, -0.1) is 0 Å². The Labute approximate surface area is 364 Å². The number of hydrogen-bond donors (Lipinski definition) is 3. The number of benzene rings is 3. The van der Waals surface area contributed by atoms with E-state index in [0.29, 0.717) is 29.9 Å². The molecule has 0 bridgehead atoms. The fraction of sp³-hybridized carbons (Fsp3) is 0.340. The van der Waals surface area contributed by atoms with Crippen molar-refractivity contribution in [3.05, 3.63) is 136 Å². The van der Waals surface area contributed by atoms with Gasteiger partial charge >= 0.3 is 5.69 Å². The van der Waals surface area contributed by atoms with Crippen molar-refractivity contribution < 1.29 is 27.6 Å². The first-order chi connectivity index (χ1) is 30.6. The van der Waals surface area contributed by atoms with Crippen molar-refractivity contribution in [1.82, 2.24) is 24.6 Å². The summed E-state index contributed by atoms with van der Waals surface area (Å²) < 4.78 is 41.8. The largest absolute Gasteiger partial charge is 0.474 e. The number of nitrogens with zero attached hydrogens (tertiary/aromatic N) is 5. The van der Waals surface area contributed by atoms with Crippen molar-refractivity contribution >= 4 is 44.0 Å². The molecule has 2 atom stereocenters. The highest BCUT2D eigenvalue weighted by atomic mass is 32.2. The van der Waals surface area contributed by atoms with Crippen LogP contribution in [0.25, 0.3) is 11.0 Å². The zero-order valence-electron chi connectivity index (χ0n) is 34.4. The van der Waals surface area contributed by atoms with Crippen LogP contribution in [0.1, 0.15) is 77.5 Å². The fourth-order valence-corrected chi connectivity index (χ4v) is 11.2. The predicted molar refractivity (Wildman–Crippen MR) is 236 cm³/mol. The maximum Gasteiger partial charge on any atom is 0.300 e. The highest BCUT2D eigenvalue weighted by molar-refractivity contribution is 7.90. The smallest absolute Gasteiger partial charge is 0.300 e. The average molecular weight is 867 g/mol. The van der Waals surface area contributed by atoms with Gasteiger partial charge in [0, 0.05) is 53.9 Å². The summed E-state index contributed by atoms with van der Waals surface area (Å²) in [6, 6.07) is 28.9. The van der Waals surface area contributed by atoms with Crippen LogP contribution in [0, 0.1) is 15.5 Å². The van der Waals surface area contributed by atoms with Gasteiger partial charge in [-0.05, 0) is 98.4 Å². The van der Waals surface area contributed by atoms with E-state index in [9.17, 15) is 23.3 Å². The molecule has 322 valence electrons. The predicted octanol–water partition coefficient (Wildman–Crippen LogP) is 7.88. The number of likely N-dealkylation sites (tertiary alicyclic amines) is 1. The summed E-state index contributed by atoms with van der Waals surface area (Å²) in [7, 11) is -4.75. The number of aromatic amines is 1. The number of carbonyl (C=O) groups is 1. The SMILES string of the molecule is O=C(NS(=O)(=O)c1cc([N+](=O)[O-])c2c(n1)OC[C@H](Cc1ccccc1)N2)c1ccc(N2CC3(CC(N4CCC[C@H]4c4ccccc4C4CC4)C3)C2)cc1Oc1cnc2[nH]ccc2c1. The average Bonchev–Trinajstić information content (AvgIpc) is 3.80. The number of aromatic nitrogens is 3. The van der Waals surface area contributed by atoms with E-state index < -0.39 is 31.6 Å². The van der Waals surface area contributed by atoms with Crippen LogP contribution in [-0.2, 0) is 16.4 Å². The van der Waals surface area contributed by atoms with Crippen LogP contribution in [0.5, 0.6) is 17.4 Å². The summed E-state index contributed by atoms with van der Waals surface area (Å²) in [6.07, 6.45) is 11.1. The van der Waals surface area contributed by atoms with E-state index in [2.05, 4.69) is 59.1 Å². The van der Waals surface area contributed by atoms with E-state index in [1.165, 1.54) is 37.4 Å². The summed E-state index contributed by atoms with van der Waals surface area (Å²) in [5.41, 5.74) is 5.16. The molecule has 3 aromatic carbocycles. The summed E-state index contributed by atoms with van der Waals surface area (Å²) in [5, 5.41) is 15.4. The van der Waals surface area contributed by atoms with Gasteiger partial charge in [0.25, 0.3) is 15.9 Å². The minimum absolute atomic E-state index is 0.0307. The van der Waals surface area contributed by atoms with Crippen molar-refractivity contribution in [3.63, 3.8) is 0 Å². The number of H-pyrrole nitrogens is 1. The molecule has 11 rings (SSSR count). The maximum absolute atomic E-state index is 14.0. The van der Waals surface area contributed by atoms with Crippen molar-refractivity contribution in [1.29, 1.82) is 0 Å². The Bertz CT molecular complexity index is 2870. The van der Waals surface area contributed by atoms with Gasteiger partial charge < -0.3 is 24.7 Å². The van der Waals surface area contributed by atoms with Crippen molar-refractivity contribution in [2.45, 2.75) is 74.0 Å². The minimum Gasteiger partial charge on any atom is -0.474 e. The molecule has 0 radical (unpaired) electrons.